The number of fused-ring (bicyclic) bond motifs is 1. The first-order valence-electron chi connectivity index (χ1n) is 7.85. The van der Waals surface area contributed by atoms with E-state index < -0.39 is 5.69 Å². The molecule has 122 valence electrons. The fourth-order valence-electron chi connectivity index (χ4n) is 2.57. The van der Waals surface area contributed by atoms with Crippen LogP contribution in [0.3, 0.4) is 0 Å². The lowest BCUT2D eigenvalue weighted by molar-refractivity contribution is 0.520. The van der Waals surface area contributed by atoms with Crippen LogP contribution in [0.4, 0.5) is 5.95 Å². The van der Waals surface area contributed by atoms with Gasteiger partial charge in [-0.05, 0) is 26.2 Å². The molecule has 0 radical (unpaired) electrons. The third-order valence-corrected chi connectivity index (χ3v) is 3.96. The third-order valence-electron chi connectivity index (χ3n) is 3.96. The second kappa shape index (κ2) is 6.37. The average Bonchev–Trinajstić information content (AvgIpc) is 2.84. The quantitative estimate of drug-likeness (QED) is 0.873. The maximum Gasteiger partial charge on any atom is 0.329 e. The Bertz CT molecular complexity index is 765. The van der Waals surface area contributed by atoms with E-state index in [2.05, 4.69) is 42.6 Å². The summed E-state index contributed by atoms with van der Waals surface area (Å²) in [6.07, 6.45) is 0.946. The molecule has 0 amide bonds. The Morgan fingerprint density at radius 3 is 2.41 bits per heavy atom. The topological polar surface area (TPSA) is 75.9 Å². The van der Waals surface area contributed by atoms with E-state index in [4.69, 9.17) is 0 Å². The number of imidazole rings is 1. The molecular formula is C15H25N5O2. The van der Waals surface area contributed by atoms with Crippen LogP contribution in [0.25, 0.3) is 11.2 Å². The van der Waals surface area contributed by atoms with Crippen molar-refractivity contribution in [1.29, 1.82) is 0 Å². The van der Waals surface area contributed by atoms with Crippen molar-refractivity contribution in [2.24, 2.45) is 13.0 Å². The van der Waals surface area contributed by atoms with Gasteiger partial charge in [-0.15, -0.1) is 0 Å². The second-order valence-electron chi connectivity index (χ2n) is 5.91. The van der Waals surface area contributed by atoms with Gasteiger partial charge in [0.1, 0.15) is 0 Å². The first-order chi connectivity index (χ1) is 10.4. The molecular weight excluding hydrogens is 282 g/mol. The molecule has 0 atom stereocenters. The SMILES string of the molecule is CCN(CC)c1nc2c(c(=O)[nH]c(=O)n2C)n1CCC(C)C. The van der Waals surface area contributed by atoms with Crippen molar-refractivity contribution >= 4 is 17.1 Å². The van der Waals surface area contributed by atoms with Crippen molar-refractivity contribution in [3.8, 4) is 0 Å². The minimum Gasteiger partial charge on any atom is -0.343 e. The van der Waals surface area contributed by atoms with E-state index >= 15 is 0 Å². The van der Waals surface area contributed by atoms with Crippen molar-refractivity contribution in [3.63, 3.8) is 0 Å². The largest absolute Gasteiger partial charge is 0.343 e. The average molecular weight is 307 g/mol. The van der Waals surface area contributed by atoms with E-state index in [1.54, 1.807) is 7.05 Å². The van der Waals surface area contributed by atoms with Gasteiger partial charge in [0.15, 0.2) is 11.2 Å². The molecule has 0 spiro atoms. The lowest BCUT2D eigenvalue weighted by atomic mass is 10.1. The van der Waals surface area contributed by atoms with E-state index in [9.17, 15) is 9.59 Å². The number of anilines is 1. The van der Waals surface area contributed by atoms with Crippen LogP contribution in [0.1, 0.15) is 34.1 Å². The zero-order valence-electron chi connectivity index (χ0n) is 14.0. The van der Waals surface area contributed by atoms with Crippen LogP contribution in [-0.2, 0) is 13.6 Å². The second-order valence-corrected chi connectivity index (χ2v) is 5.91. The lowest BCUT2D eigenvalue weighted by Crippen LogP contribution is -2.29. The highest BCUT2D eigenvalue weighted by molar-refractivity contribution is 5.74. The number of H-pyrrole nitrogens is 1. The van der Waals surface area contributed by atoms with Crippen LogP contribution in [0.15, 0.2) is 9.59 Å². The summed E-state index contributed by atoms with van der Waals surface area (Å²) in [7, 11) is 1.63. The first kappa shape index (κ1) is 16.3. The molecule has 0 aliphatic heterocycles. The molecule has 22 heavy (non-hydrogen) atoms. The summed E-state index contributed by atoms with van der Waals surface area (Å²) >= 11 is 0. The zero-order valence-corrected chi connectivity index (χ0v) is 14.0. The zero-order chi connectivity index (χ0) is 16.4. The van der Waals surface area contributed by atoms with Gasteiger partial charge < -0.3 is 9.47 Å². The molecule has 0 bridgehead atoms. The van der Waals surface area contributed by atoms with Gasteiger partial charge >= 0.3 is 5.69 Å². The molecule has 0 aliphatic rings. The summed E-state index contributed by atoms with van der Waals surface area (Å²) in [6.45, 7) is 10.7. The molecule has 2 rings (SSSR count). The fraction of sp³-hybridized carbons (Fsp3) is 0.667. The Morgan fingerprint density at radius 1 is 1.23 bits per heavy atom. The van der Waals surface area contributed by atoms with Crippen LogP contribution in [0.5, 0.6) is 0 Å². The number of hydrogen-bond donors (Lipinski definition) is 1. The summed E-state index contributed by atoms with van der Waals surface area (Å²) in [5.41, 5.74) is 0.119. The van der Waals surface area contributed by atoms with Gasteiger partial charge in [0.05, 0.1) is 0 Å². The smallest absolute Gasteiger partial charge is 0.329 e. The molecule has 7 heteroatoms. The standard InChI is InChI=1S/C15H25N5O2/c1-6-19(7-2)14-16-12-11(20(14)9-8-10(3)4)13(21)17-15(22)18(12)5/h10H,6-9H2,1-5H3,(H,17,21,22). The van der Waals surface area contributed by atoms with Crippen LogP contribution in [-0.4, -0.2) is 32.2 Å². The van der Waals surface area contributed by atoms with E-state index in [0.717, 1.165) is 25.5 Å². The molecule has 1 N–H and O–H groups in total. The molecule has 0 aromatic carbocycles. The van der Waals surface area contributed by atoms with E-state index in [-0.39, 0.29) is 5.56 Å². The molecule has 0 fully saturated rings. The van der Waals surface area contributed by atoms with Gasteiger partial charge in [0.2, 0.25) is 5.95 Å². The van der Waals surface area contributed by atoms with Crippen molar-refractivity contribution in [1.82, 2.24) is 19.1 Å². The highest BCUT2D eigenvalue weighted by atomic mass is 16.2. The summed E-state index contributed by atoms with van der Waals surface area (Å²) in [5.74, 6) is 1.28. The highest BCUT2D eigenvalue weighted by Gasteiger charge is 2.20. The maximum atomic E-state index is 12.3. The normalized spacial score (nSPS) is 11.5. The van der Waals surface area contributed by atoms with Gasteiger partial charge in [-0.1, -0.05) is 13.8 Å². The van der Waals surface area contributed by atoms with Gasteiger partial charge in [0.25, 0.3) is 5.56 Å². The minimum atomic E-state index is -0.433. The number of nitrogens with zero attached hydrogens (tertiary/aromatic N) is 4. The van der Waals surface area contributed by atoms with E-state index in [1.807, 2.05) is 4.57 Å². The highest BCUT2D eigenvalue weighted by Crippen LogP contribution is 2.20. The van der Waals surface area contributed by atoms with E-state index in [0.29, 0.717) is 23.6 Å². The third kappa shape index (κ3) is 2.80. The number of rotatable bonds is 6. The van der Waals surface area contributed by atoms with Crippen LogP contribution >= 0.6 is 0 Å². The molecule has 7 nitrogen and oxygen atoms in total. The van der Waals surface area contributed by atoms with Gasteiger partial charge in [0, 0.05) is 26.7 Å². The van der Waals surface area contributed by atoms with E-state index in [1.165, 1.54) is 4.57 Å². The summed E-state index contributed by atoms with van der Waals surface area (Å²) in [5, 5.41) is 0. The molecule has 0 aliphatic carbocycles. The Morgan fingerprint density at radius 2 is 1.86 bits per heavy atom. The number of aromatic amines is 1. The van der Waals surface area contributed by atoms with Crippen molar-refractivity contribution in [2.45, 2.75) is 40.7 Å². The maximum absolute atomic E-state index is 12.3. The summed E-state index contributed by atoms with van der Waals surface area (Å²) < 4.78 is 3.34. The van der Waals surface area contributed by atoms with Crippen molar-refractivity contribution in [3.05, 3.63) is 20.8 Å². The first-order valence-corrected chi connectivity index (χ1v) is 7.85. The molecule has 0 saturated carbocycles. The van der Waals surface area contributed by atoms with Crippen molar-refractivity contribution < 1.29 is 0 Å². The molecule has 0 unspecified atom stereocenters. The Kier molecular flexibility index (Phi) is 4.73. The van der Waals surface area contributed by atoms with Crippen LogP contribution < -0.4 is 16.1 Å². The Labute approximate surface area is 129 Å². The Balaban J connectivity index is 2.74. The van der Waals surface area contributed by atoms with Gasteiger partial charge in [-0.2, -0.15) is 4.98 Å². The number of aryl methyl sites for hydroxylation is 2. The monoisotopic (exact) mass is 307 g/mol. The fourth-order valence-corrected chi connectivity index (χ4v) is 2.57. The predicted octanol–water partition coefficient (Wildman–Crippen LogP) is 1.32. The summed E-state index contributed by atoms with van der Waals surface area (Å²) in [4.78, 5) is 33.1. The molecule has 2 aromatic heterocycles. The molecule has 0 saturated heterocycles. The number of nitrogens with one attached hydrogen (secondary N) is 1. The number of aromatic nitrogens is 4. The van der Waals surface area contributed by atoms with Crippen molar-refractivity contribution in [2.75, 3.05) is 18.0 Å². The van der Waals surface area contributed by atoms with Crippen LogP contribution in [0, 0.1) is 5.92 Å². The van der Waals surface area contributed by atoms with Gasteiger partial charge in [-0.3, -0.25) is 14.3 Å². The molecule has 2 aromatic rings. The number of hydrogen-bond acceptors (Lipinski definition) is 4. The molecule has 2 heterocycles. The summed E-state index contributed by atoms with van der Waals surface area (Å²) in [6, 6.07) is 0. The predicted molar refractivity (Wildman–Crippen MR) is 88.6 cm³/mol. The lowest BCUT2D eigenvalue weighted by Gasteiger charge is -2.21. The van der Waals surface area contributed by atoms with Crippen LogP contribution in [0.2, 0.25) is 0 Å². The Hall–Kier alpha value is -2.05. The minimum absolute atomic E-state index is 0.368. The van der Waals surface area contributed by atoms with Gasteiger partial charge in [-0.25, -0.2) is 4.79 Å².